The Hall–Kier alpha value is -1.40. The van der Waals surface area contributed by atoms with Gasteiger partial charge in [0.05, 0.1) is 18.5 Å². The Morgan fingerprint density at radius 2 is 1.33 bits per heavy atom. The first kappa shape index (κ1) is 39.0. The Kier molecular flexibility index (Phi) is 10.6. The van der Waals surface area contributed by atoms with Crippen LogP contribution < -0.4 is 10.6 Å². The Bertz CT molecular complexity index is 1430. The number of rotatable bonds is 9. The molecule has 11 nitrogen and oxygen atoms in total. The molecule has 0 saturated carbocycles. The molecular weight excluding hydrogens is 635 g/mol. The van der Waals surface area contributed by atoms with Crippen molar-refractivity contribution in [2.75, 3.05) is 11.7 Å². The molecule has 2 aromatic rings. The average Bonchev–Trinajstić information content (AvgIpc) is 3.38. The van der Waals surface area contributed by atoms with Crippen molar-refractivity contribution in [3.8, 4) is 0 Å². The van der Waals surface area contributed by atoms with Gasteiger partial charge in [0.25, 0.3) is 5.56 Å². The van der Waals surface area contributed by atoms with Gasteiger partial charge in [-0.1, -0.05) is 62.3 Å². The lowest BCUT2D eigenvalue weighted by Crippen LogP contribution is -2.54. The Morgan fingerprint density at radius 3 is 1.78 bits per heavy atom. The monoisotopic (exact) mass is 697 g/mol. The molecule has 3 heterocycles. The number of ether oxygens (including phenoxy) is 1. The van der Waals surface area contributed by atoms with Crippen molar-refractivity contribution in [2.24, 2.45) is 0 Å². The molecule has 0 bridgehead atoms. The molecule has 1 fully saturated rings. The summed E-state index contributed by atoms with van der Waals surface area (Å²) in [5.41, 5.74) is -0.743. The van der Waals surface area contributed by atoms with Crippen LogP contribution in [0.2, 0.25) is 54.4 Å². The van der Waals surface area contributed by atoms with Crippen molar-refractivity contribution in [3.63, 3.8) is 0 Å². The van der Waals surface area contributed by atoms with Gasteiger partial charge in [0.2, 0.25) is 5.95 Å². The van der Waals surface area contributed by atoms with Crippen LogP contribution in [0.4, 0.5) is 5.95 Å². The van der Waals surface area contributed by atoms with E-state index in [9.17, 15) is 10.0 Å². The van der Waals surface area contributed by atoms with E-state index >= 15 is 0 Å². The minimum Gasteiger partial charge on any atom is -0.414 e. The van der Waals surface area contributed by atoms with E-state index in [4.69, 9.17) is 18.0 Å². The van der Waals surface area contributed by atoms with Crippen LogP contribution >= 0.6 is 0 Å². The maximum atomic E-state index is 13.0. The van der Waals surface area contributed by atoms with E-state index in [0.717, 1.165) is 5.06 Å². The van der Waals surface area contributed by atoms with Crippen LogP contribution in [-0.4, -0.2) is 80.1 Å². The third-order valence-electron chi connectivity index (χ3n) is 10.7. The number of anilines is 1. The van der Waals surface area contributed by atoms with Crippen molar-refractivity contribution < 1.29 is 23.2 Å². The maximum absolute atomic E-state index is 13.0. The van der Waals surface area contributed by atoms with Crippen LogP contribution in [0.3, 0.4) is 0 Å². The normalized spacial score (nSPS) is 22.6. The van der Waals surface area contributed by atoms with Gasteiger partial charge >= 0.3 is 0 Å². The third-order valence-corrected chi connectivity index (χ3v) is 24.2. The Morgan fingerprint density at radius 1 is 0.848 bits per heavy atom. The zero-order valence-corrected chi connectivity index (χ0v) is 34.9. The molecule has 1 aliphatic rings. The van der Waals surface area contributed by atoms with Gasteiger partial charge < -0.3 is 23.0 Å². The number of imidazole rings is 1. The number of nitrogens with zero attached hydrogens (tertiary/aromatic N) is 4. The molecule has 3 rings (SSSR count). The minimum atomic E-state index is -2.44. The van der Waals surface area contributed by atoms with Crippen molar-refractivity contribution in [2.45, 2.75) is 168 Å². The number of fused-ring (bicyclic) bond motifs is 1. The summed E-state index contributed by atoms with van der Waals surface area (Å²) in [5, 5.41) is 12.4. The average molecular weight is 698 g/mol. The van der Waals surface area contributed by atoms with Gasteiger partial charge in [-0.2, -0.15) is 0 Å². The van der Waals surface area contributed by atoms with E-state index in [-0.39, 0.29) is 26.6 Å². The molecule has 1 aliphatic heterocycles. The van der Waals surface area contributed by atoms with Crippen LogP contribution in [0, 0.1) is 0 Å². The van der Waals surface area contributed by atoms with Crippen LogP contribution in [0.5, 0.6) is 0 Å². The summed E-state index contributed by atoms with van der Waals surface area (Å²) in [6.07, 6.45) is -1.04. The maximum Gasteiger partial charge on any atom is 0.278 e. The quantitative estimate of drug-likeness (QED) is 0.199. The number of hydrogen-bond acceptors (Lipinski definition) is 9. The highest BCUT2D eigenvalue weighted by Crippen LogP contribution is 2.48. The van der Waals surface area contributed by atoms with Gasteiger partial charge in [-0.15, -0.1) is 0 Å². The number of nitrogens with one attached hydrogen (secondary N) is 1. The fourth-order valence-electron chi connectivity index (χ4n) is 4.45. The number of H-pyrrole nitrogens is 1. The second kappa shape index (κ2) is 12.5. The second-order valence-corrected chi connectivity index (χ2v) is 32.8. The summed E-state index contributed by atoms with van der Waals surface area (Å²) < 4.78 is 30.1. The Balaban J connectivity index is 2.34. The topological polar surface area (TPSA) is 124 Å². The SMILES string of the molecule is CC(C)(C)N(O)c1nc2c(=O)[nH]cnc2n1[C@@H]1O[C@H](CO[Si](C)(C)C(C)(C)C)[C@@H](O[Si](C)(C)C(C)(C)C)[C@H]1O[Si](C)(C)C(C)(C)C. The highest BCUT2D eigenvalue weighted by molar-refractivity contribution is 6.75. The number of hydroxylamine groups is 1. The van der Waals surface area contributed by atoms with E-state index in [1.165, 1.54) is 6.33 Å². The van der Waals surface area contributed by atoms with Crippen LogP contribution in [0.25, 0.3) is 11.2 Å². The smallest absolute Gasteiger partial charge is 0.278 e. The van der Waals surface area contributed by atoms with E-state index in [1.54, 1.807) is 4.57 Å². The first-order chi connectivity index (χ1) is 20.4. The molecule has 0 unspecified atom stereocenters. The lowest BCUT2D eigenvalue weighted by atomic mass is 10.1. The zero-order valence-electron chi connectivity index (χ0n) is 31.9. The molecule has 14 heteroatoms. The van der Waals surface area contributed by atoms with Crippen molar-refractivity contribution >= 4 is 42.1 Å². The molecule has 264 valence electrons. The lowest BCUT2D eigenvalue weighted by Gasteiger charge is -2.44. The third kappa shape index (κ3) is 7.74. The summed E-state index contributed by atoms with van der Waals surface area (Å²) in [5.74, 6) is 0.151. The molecule has 0 radical (unpaired) electrons. The molecule has 4 atom stereocenters. The number of hydrogen-bond donors (Lipinski definition) is 2. The number of aromatic amines is 1. The molecule has 46 heavy (non-hydrogen) atoms. The molecular formula is C32H63N5O6Si3. The summed E-state index contributed by atoms with van der Waals surface area (Å²) >= 11 is 0. The molecule has 1 saturated heterocycles. The standard InChI is InChI=1S/C32H63N5O6Si3/c1-29(2,3)37(39)28-35-22-25(33-20-34-26(22)38)36(28)27-24(43-46(17,18)32(10,11)12)23(42-45(15,16)31(7,8)9)21(41-27)19-40-44(13,14)30(4,5)6/h20-21,23-24,27,39H,19H2,1-18H3,(H,33,34,38)/t21-,23-,24-,27-/m1/s1. The highest BCUT2D eigenvalue weighted by Gasteiger charge is 2.56. The second-order valence-electron chi connectivity index (χ2n) is 18.5. The van der Waals surface area contributed by atoms with E-state index in [2.05, 4.69) is 117 Å². The molecule has 2 aromatic heterocycles. The van der Waals surface area contributed by atoms with Gasteiger partial charge in [-0.3, -0.25) is 14.6 Å². The van der Waals surface area contributed by atoms with Crippen molar-refractivity contribution in [3.05, 3.63) is 16.7 Å². The van der Waals surface area contributed by atoms with Crippen LogP contribution in [-0.2, 0) is 18.0 Å². The summed E-state index contributed by atoms with van der Waals surface area (Å²) in [7, 11) is -6.98. The lowest BCUT2D eigenvalue weighted by molar-refractivity contribution is -0.0477. The molecule has 0 spiro atoms. The van der Waals surface area contributed by atoms with Gasteiger partial charge in [-0.05, 0) is 75.2 Å². The first-order valence-electron chi connectivity index (χ1n) is 16.5. The molecule has 0 aromatic carbocycles. The van der Waals surface area contributed by atoms with Gasteiger partial charge in [0.15, 0.2) is 42.3 Å². The summed E-state index contributed by atoms with van der Waals surface area (Å²) in [6, 6.07) is 0. The zero-order chi connectivity index (χ0) is 35.6. The largest absolute Gasteiger partial charge is 0.414 e. The predicted octanol–water partition coefficient (Wildman–Crippen LogP) is 7.81. The molecule has 0 amide bonds. The fraction of sp³-hybridized carbons (Fsp3) is 0.844. The van der Waals surface area contributed by atoms with Crippen molar-refractivity contribution in [1.29, 1.82) is 0 Å². The summed E-state index contributed by atoms with van der Waals surface area (Å²) in [4.78, 5) is 24.9. The van der Waals surface area contributed by atoms with E-state index in [1.807, 2.05) is 20.8 Å². The van der Waals surface area contributed by atoms with Crippen LogP contribution in [0.1, 0.15) is 89.3 Å². The number of aromatic nitrogens is 4. The van der Waals surface area contributed by atoms with Gasteiger partial charge in [-0.25, -0.2) is 15.0 Å². The molecule has 0 aliphatic carbocycles. The minimum absolute atomic E-state index is 0.000591. The van der Waals surface area contributed by atoms with Crippen molar-refractivity contribution in [1.82, 2.24) is 19.5 Å². The highest BCUT2D eigenvalue weighted by atomic mass is 28.4. The van der Waals surface area contributed by atoms with Gasteiger partial charge in [0, 0.05) is 0 Å². The Labute approximate surface area is 280 Å². The first-order valence-corrected chi connectivity index (χ1v) is 25.3. The summed E-state index contributed by atoms with van der Waals surface area (Å²) in [6.45, 7) is 39.3. The van der Waals surface area contributed by atoms with E-state index in [0.29, 0.717) is 12.3 Å². The van der Waals surface area contributed by atoms with Gasteiger partial charge in [0.1, 0.15) is 18.3 Å². The van der Waals surface area contributed by atoms with E-state index < -0.39 is 60.6 Å². The predicted molar refractivity (Wildman–Crippen MR) is 193 cm³/mol. The fourth-order valence-corrected chi connectivity index (χ4v) is 8.07. The molecule has 2 N–H and O–H groups in total. The van der Waals surface area contributed by atoms with Crippen LogP contribution in [0.15, 0.2) is 11.1 Å².